The lowest BCUT2D eigenvalue weighted by Crippen LogP contribution is -2.06. The highest BCUT2D eigenvalue weighted by atomic mass is 16.6. The number of anilines is 1. The molecule has 6 heteroatoms. The average molecular weight is 244 g/mol. The van der Waals surface area contributed by atoms with E-state index in [2.05, 4.69) is 15.3 Å². The maximum Gasteiger partial charge on any atom is 0.274 e. The third-order valence-electron chi connectivity index (χ3n) is 2.40. The normalized spacial score (nSPS) is 10.0. The number of pyridine rings is 2. The Morgan fingerprint density at radius 1 is 1.33 bits per heavy atom. The Balaban J connectivity index is 1.90. The van der Waals surface area contributed by atoms with Crippen LogP contribution in [0.2, 0.25) is 0 Å². The molecule has 2 heterocycles. The number of hydrogen-bond acceptors (Lipinski definition) is 5. The zero-order chi connectivity index (χ0) is 12.8. The van der Waals surface area contributed by atoms with Gasteiger partial charge in [0.25, 0.3) is 5.69 Å². The van der Waals surface area contributed by atoms with Crippen LogP contribution in [0.1, 0.15) is 5.56 Å². The third-order valence-corrected chi connectivity index (χ3v) is 2.40. The van der Waals surface area contributed by atoms with E-state index in [0.29, 0.717) is 12.4 Å². The van der Waals surface area contributed by atoms with Crippen LogP contribution in [-0.4, -0.2) is 21.4 Å². The van der Waals surface area contributed by atoms with E-state index in [4.69, 9.17) is 0 Å². The van der Waals surface area contributed by atoms with Gasteiger partial charge in [-0.1, -0.05) is 6.07 Å². The summed E-state index contributed by atoms with van der Waals surface area (Å²) in [6.45, 7) is 0.653. The molecule has 0 aliphatic heterocycles. The Hall–Kier alpha value is -2.50. The molecular weight excluding hydrogens is 232 g/mol. The molecule has 2 rings (SSSR count). The second kappa shape index (κ2) is 5.72. The van der Waals surface area contributed by atoms with Crippen LogP contribution in [0.3, 0.4) is 0 Å². The summed E-state index contributed by atoms with van der Waals surface area (Å²) in [7, 11) is 0. The maximum atomic E-state index is 10.6. The topological polar surface area (TPSA) is 81.0 Å². The van der Waals surface area contributed by atoms with Gasteiger partial charge in [-0.25, -0.2) is 4.98 Å². The first-order valence-electron chi connectivity index (χ1n) is 5.49. The molecule has 0 aliphatic rings. The summed E-state index contributed by atoms with van der Waals surface area (Å²) in [6.07, 6.45) is 5.73. The Kier molecular flexibility index (Phi) is 3.80. The van der Waals surface area contributed by atoms with Crippen molar-refractivity contribution in [2.45, 2.75) is 6.42 Å². The fourth-order valence-electron chi connectivity index (χ4n) is 1.51. The van der Waals surface area contributed by atoms with Gasteiger partial charge in [0.1, 0.15) is 5.82 Å². The quantitative estimate of drug-likeness (QED) is 0.643. The first-order valence-corrected chi connectivity index (χ1v) is 5.49. The molecule has 1 N–H and O–H groups in total. The Morgan fingerprint density at radius 3 is 2.94 bits per heavy atom. The first kappa shape index (κ1) is 12.0. The number of nitrogens with one attached hydrogen (secondary N) is 1. The van der Waals surface area contributed by atoms with Gasteiger partial charge < -0.3 is 5.32 Å². The van der Waals surface area contributed by atoms with E-state index in [0.717, 1.165) is 12.0 Å². The molecule has 0 spiro atoms. The van der Waals surface area contributed by atoms with Gasteiger partial charge >= 0.3 is 0 Å². The van der Waals surface area contributed by atoms with Gasteiger partial charge in [0.2, 0.25) is 0 Å². The molecular formula is C12H12N4O2. The second-order valence-corrected chi connectivity index (χ2v) is 3.69. The molecule has 0 saturated carbocycles. The van der Waals surface area contributed by atoms with Crippen molar-refractivity contribution in [3.8, 4) is 0 Å². The molecule has 0 atom stereocenters. The number of hydrogen-bond donors (Lipinski definition) is 1. The molecule has 0 aromatic carbocycles. The van der Waals surface area contributed by atoms with Gasteiger partial charge in [-0.15, -0.1) is 0 Å². The summed E-state index contributed by atoms with van der Waals surface area (Å²) in [5.41, 5.74) is 1.14. The molecule has 2 aromatic rings. The predicted molar refractivity (Wildman–Crippen MR) is 67.3 cm³/mol. The van der Waals surface area contributed by atoms with Gasteiger partial charge in [-0.2, -0.15) is 0 Å². The van der Waals surface area contributed by atoms with Crippen LogP contribution in [0.4, 0.5) is 11.5 Å². The average Bonchev–Trinajstić information content (AvgIpc) is 2.40. The second-order valence-electron chi connectivity index (χ2n) is 3.69. The van der Waals surface area contributed by atoms with Crippen molar-refractivity contribution in [1.29, 1.82) is 0 Å². The maximum absolute atomic E-state index is 10.6. The highest BCUT2D eigenvalue weighted by molar-refractivity contribution is 5.44. The van der Waals surface area contributed by atoms with Gasteiger partial charge in [-0.3, -0.25) is 15.1 Å². The summed E-state index contributed by atoms with van der Waals surface area (Å²) in [4.78, 5) is 18.2. The Labute approximate surface area is 104 Å². The van der Waals surface area contributed by atoms with Crippen LogP contribution in [-0.2, 0) is 6.42 Å². The minimum absolute atomic E-state index is 0.0360. The highest BCUT2D eigenvalue weighted by Gasteiger charge is 2.05. The summed E-state index contributed by atoms with van der Waals surface area (Å²) >= 11 is 0. The fourth-order valence-corrected chi connectivity index (χ4v) is 1.51. The van der Waals surface area contributed by atoms with E-state index in [9.17, 15) is 10.1 Å². The first-order chi connectivity index (χ1) is 8.75. The standard InChI is InChI=1S/C12H12N4O2/c17-16(18)11-4-7-15-12(8-11)14-6-3-10-2-1-5-13-9-10/h1-2,4-5,7-9H,3,6H2,(H,14,15). The van der Waals surface area contributed by atoms with Crippen LogP contribution in [0.15, 0.2) is 42.9 Å². The van der Waals surface area contributed by atoms with Crippen LogP contribution < -0.4 is 5.32 Å². The zero-order valence-electron chi connectivity index (χ0n) is 9.61. The van der Waals surface area contributed by atoms with Crippen molar-refractivity contribution < 1.29 is 4.92 Å². The van der Waals surface area contributed by atoms with Crippen LogP contribution in [0.5, 0.6) is 0 Å². The van der Waals surface area contributed by atoms with E-state index in [-0.39, 0.29) is 5.69 Å². The molecule has 0 unspecified atom stereocenters. The smallest absolute Gasteiger partial charge is 0.274 e. The Bertz CT molecular complexity index is 531. The zero-order valence-corrected chi connectivity index (χ0v) is 9.61. The van der Waals surface area contributed by atoms with Crippen molar-refractivity contribution in [3.63, 3.8) is 0 Å². The van der Waals surface area contributed by atoms with Crippen molar-refractivity contribution >= 4 is 11.5 Å². The van der Waals surface area contributed by atoms with E-state index < -0.39 is 4.92 Å². The predicted octanol–water partition coefficient (Wildman–Crippen LogP) is 2.04. The van der Waals surface area contributed by atoms with Gasteiger partial charge in [0.15, 0.2) is 0 Å². The lowest BCUT2D eigenvalue weighted by Gasteiger charge is -2.04. The molecule has 0 amide bonds. The number of nitrogens with zero attached hydrogens (tertiary/aromatic N) is 3. The Morgan fingerprint density at radius 2 is 2.22 bits per heavy atom. The molecule has 0 bridgehead atoms. The summed E-state index contributed by atoms with van der Waals surface area (Å²) in [5.74, 6) is 0.507. The van der Waals surface area contributed by atoms with Crippen LogP contribution in [0, 0.1) is 10.1 Å². The molecule has 6 nitrogen and oxygen atoms in total. The monoisotopic (exact) mass is 244 g/mol. The number of rotatable bonds is 5. The van der Waals surface area contributed by atoms with E-state index in [1.807, 2.05) is 12.1 Å². The lowest BCUT2D eigenvalue weighted by molar-refractivity contribution is -0.384. The number of aromatic nitrogens is 2. The molecule has 2 aromatic heterocycles. The highest BCUT2D eigenvalue weighted by Crippen LogP contribution is 2.13. The van der Waals surface area contributed by atoms with Crippen molar-refractivity contribution in [3.05, 3.63) is 58.5 Å². The largest absolute Gasteiger partial charge is 0.370 e. The molecule has 0 radical (unpaired) electrons. The minimum atomic E-state index is -0.437. The van der Waals surface area contributed by atoms with Crippen LogP contribution in [0.25, 0.3) is 0 Å². The summed E-state index contributed by atoms with van der Waals surface area (Å²) in [6, 6.07) is 6.64. The molecule has 0 fully saturated rings. The molecule has 92 valence electrons. The number of nitro groups is 1. The molecule has 18 heavy (non-hydrogen) atoms. The van der Waals surface area contributed by atoms with Crippen molar-refractivity contribution in [2.24, 2.45) is 0 Å². The van der Waals surface area contributed by atoms with E-state index in [1.54, 1.807) is 12.4 Å². The summed E-state index contributed by atoms with van der Waals surface area (Å²) < 4.78 is 0. The van der Waals surface area contributed by atoms with Gasteiger partial charge in [0, 0.05) is 31.2 Å². The molecule has 0 aliphatic carbocycles. The van der Waals surface area contributed by atoms with E-state index in [1.165, 1.54) is 18.3 Å². The molecule has 0 saturated heterocycles. The van der Waals surface area contributed by atoms with E-state index >= 15 is 0 Å². The van der Waals surface area contributed by atoms with Crippen molar-refractivity contribution in [1.82, 2.24) is 9.97 Å². The lowest BCUT2D eigenvalue weighted by atomic mass is 10.2. The van der Waals surface area contributed by atoms with Gasteiger partial charge in [0.05, 0.1) is 11.0 Å². The van der Waals surface area contributed by atoms with Crippen LogP contribution >= 0.6 is 0 Å². The SMILES string of the molecule is O=[N+]([O-])c1ccnc(NCCc2cccnc2)c1. The van der Waals surface area contributed by atoms with Crippen molar-refractivity contribution in [2.75, 3.05) is 11.9 Å². The minimum Gasteiger partial charge on any atom is -0.370 e. The van der Waals surface area contributed by atoms with Gasteiger partial charge in [-0.05, 0) is 18.1 Å². The fraction of sp³-hybridized carbons (Fsp3) is 0.167. The summed E-state index contributed by atoms with van der Waals surface area (Å²) in [5, 5.41) is 13.6. The third kappa shape index (κ3) is 3.24.